The lowest BCUT2D eigenvalue weighted by Gasteiger charge is -2.23. The van der Waals surface area contributed by atoms with Gasteiger partial charge in [-0.3, -0.25) is 9.97 Å². The number of hydrogen-bond donors (Lipinski definition) is 1. The third kappa shape index (κ3) is 4.01. The lowest BCUT2D eigenvalue weighted by Crippen LogP contribution is -2.25. The Bertz CT molecular complexity index is 1600. The predicted molar refractivity (Wildman–Crippen MR) is 124 cm³/mol. The van der Waals surface area contributed by atoms with Crippen LogP contribution in [0.15, 0.2) is 55.0 Å². The first-order valence-corrected chi connectivity index (χ1v) is 10.6. The average molecular weight is 478 g/mol. The highest BCUT2D eigenvalue weighted by molar-refractivity contribution is 5.87. The van der Waals surface area contributed by atoms with E-state index < -0.39 is 23.7 Å². The van der Waals surface area contributed by atoms with Crippen LogP contribution in [0.3, 0.4) is 0 Å². The number of fused-ring (bicyclic) bond motifs is 2. The molecular formula is C25H18F4N6. The molecule has 0 amide bonds. The van der Waals surface area contributed by atoms with E-state index in [1.54, 1.807) is 25.3 Å². The van der Waals surface area contributed by atoms with Crippen molar-refractivity contribution >= 4 is 27.8 Å². The van der Waals surface area contributed by atoms with Crippen LogP contribution >= 0.6 is 0 Å². The van der Waals surface area contributed by atoms with E-state index in [4.69, 9.17) is 5.73 Å². The van der Waals surface area contributed by atoms with Gasteiger partial charge in [0.2, 0.25) is 0 Å². The van der Waals surface area contributed by atoms with Crippen molar-refractivity contribution in [1.82, 2.24) is 24.9 Å². The van der Waals surface area contributed by atoms with Crippen molar-refractivity contribution in [3.63, 3.8) is 0 Å². The maximum atomic E-state index is 14.7. The minimum Gasteiger partial charge on any atom is -0.382 e. The monoisotopic (exact) mass is 478 g/mol. The van der Waals surface area contributed by atoms with Crippen LogP contribution in [0, 0.1) is 19.7 Å². The number of pyridine rings is 3. The zero-order chi connectivity index (χ0) is 24.9. The van der Waals surface area contributed by atoms with Gasteiger partial charge in [-0.1, -0.05) is 0 Å². The number of aromatic nitrogens is 5. The first kappa shape index (κ1) is 22.6. The van der Waals surface area contributed by atoms with Gasteiger partial charge in [0, 0.05) is 35.1 Å². The number of rotatable bonds is 3. The standard InChI is InChI=1S/C25H18F4N6/c1-12-8-15(11-31-10-12)21-16(9-14-5-6-17(26)13(2)20(14)34-21)19(25(27,28)29)24-33-18-4-3-7-32-22(18)23(30)35-24/h3-11,19H,1-2H3,(H2,30,33,35)/t19-/m1/s1. The maximum Gasteiger partial charge on any atom is 0.402 e. The number of alkyl halides is 3. The molecule has 1 aromatic carbocycles. The smallest absolute Gasteiger partial charge is 0.382 e. The highest BCUT2D eigenvalue weighted by Crippen LogP contribution is 2.44. The van der Waals surface area contributed by atoms with Crippen molar-refractivity contribution in [3.05, 3.63) is 83.3 Å². The van der Waals surface area contributed by atoms with Crippen LogP contribution in [0.5, 0.6) is 0 Å². The van der Waals surface area contributed by atoms with E-state index in [0.29, 0.717) is 10.9 Å². The minimum atomic E-state index is -4.79. The Kier molecular flexibility index (Phi) is 5.31. The average Bonchev–Trinajstić information content (AvgIpc) is 2.80. The summed E-state index contributed by atoms with van der Waals surface area (Å²) in [4.78, 5) is 20.8. The van der Waals surface area contributed by atoms with Crippen molar-refractivity contribution in [3.8, 4) is 11.3 Å². The summed E-state index contributed by atoms with van der Waals surface area (Å²) < 4.78 is 58.4. The molecule has 0 fully saturated rings. The SMILES string of the molecule is Cc1cncc(-c2nc3c(C)c(F)ccc3cc2[C@H](c2nc(N)c3ncccc3n2)C(F)(F)F)c1. The fraction of sp³-hybridized carbons (Fsp3) is 0.160. The summed E-state index contributed by atoms with van der Waals surface area (Å²) in [6.07, 6.45) is -0.331. The van der Waals surface area contributed by atoms with Crippen LogP contribution in [0.2, 0.25) is 0 Å². The second-order valence-electron chi connectivity index (χ2n) is 8.23. The molecule has 0 unspecified atom stereocenters. The van der Waals surface area contributed by atoms with Crippen LogP contribution in [0.25, 0.3) is 33.2 Å². The van der Waals surface area contributed by atoms with E-state index in [0.717, 1.165) is 5.56 Å². The molecule has 0 bridgehead atoms. The van der Waals surface area contributed by atoms with Crippen molar-refractivity contribution in [2.75, 3.05) is 5.73 Å². The van der Waals surface area contributed by atoms with E-state index in [-0.39, 0.29) is 39.2 Å². The molecule has 5 aromatic rings. The molecule has 1 atom stereocenters. The molecular weight excluding hydrogens is 460 g/mol. The normalized spacial score (nSPS) is 12.9. The van der Waals surface area contributed by atoms with Gasteiger partial charge >= 0.3 is 6.18 Å². The molecule has 0 aliphatic carbocycles. The molecule has 10 heteroatoms. The van der Waals surface area contributed by atoms with Gasteiger partial charge in [-0.25, -0.2) is 19.3 Å². The predicted octanol–water partition coefficient (Wildman–Crippen LogP) is 5.67. The quantitative estimate of drug-likeness (QED) is 0.336. The summed E-state index contributed by atoms with van der Waals surface area (Å²) in [5, 5.41) is 0.355. The van der Waals surface area contributed by atoms with Gasteiger partial charge in [-0.2, -0.15) is 13.2 Å². The molecule has 5 rings (SSSR count). The van der Waals surface area contributed by atoms with Crippen LogP contribution in [-0.4, -0.2) is 31.1 Å². The lowest BCUT2D eigenvalue weighted by molar-refractivity contribution is -0.142. The summed E-state index contributed by atoms with van der Waals surface area (Å²) in [5.74, 6) is -3.45. The van der Waals surface area contributed by atoms with Crippen molar-refractivity contribution < 1.29 is 17.6 Å². The summed E-state index contributed by atoms with van der Waals surface area (Å²) >= 11 is 0. The molecule has 0 saturated heterocycles. The molecule has 2 N–H and O–H groups in total. The Morgan fingerprint density at radius 1 is 0.943 bits per heavy atom. The first-order valence-electron chi connectivity index (χ1n) is 10.6. The number of halogens is 4. The Balaban J connectivity index is 1.86. The largest absolute Gasteiger partial charge is 0.402 e. The molecule has 176 valence electrons. The molecule has 35 heavy (non-hydrogen) atoms. The second-order valence-corrected chi connectivity index (χ2v) is 8.23. The van der Waals surface area contributed by atoms with Gasteiger partial charge < -0.3 is 5.73 Å². The molecule has 6 nitrogen and oxygen atoms in total. The summed E-state index contributed by atoms with van der Waals surface area (Å²) in [6, 6.07) is 8.71. The van der Waals surface area contributed by atoms with Crippen LogP contribution < -0.4 is 5.73 Å². The fourth-order valence-corrected chi connectivity index (χ4v) is 4.11. The third-order valence-corrected chi connectivity index (χ3v) is 5.75. The highest BCUT2D eigenvalue weighted by Gasteiger charge is 2.46. The molecule has 4 aromatic heterocycles. The Labute approximate surface area is 196 Å². The molecule has 4 heterocycles. The Morgan fingerprint density at radius 3 is 2.49 bits per heavy atom. The Hall–Kier alpha value is -4.21. The first-order chi connectivity index (χ1) is 16.6. The number of benzene rings is 1. The van der Waals surface area contributed by atoms with E-state index in [1.165, 1.54) is 43.6 Å². The maximum absolute atomic E-state index is 14.7. The third-order valence-electron chi connectivity index (χ3n) is 5.75. The van der Waals surface area contributed by atoms with Gasteiger partial charge in [0.05, 0.1) is 16.7 Å². The zero-order valence-corrected chi connectivity index (χ0v) is 18.6. The van der Waals surface area contributed by atoms with Crippen LogP contribution in [0.4, 0.5) is 23.4 Å². The van der Waals surface area contributed by atoms with Crippen molar-refractivity contribution in [2.24, 2.45) is 0 Å². The van der Waals surface area contributed by atoms with Crippen molar-refractivity contribution in [2.45, 2.75) is 25.9 Å². The molecule has 0 aliphatic heterocycles. The van der Waals surface area contributed by atoms with Gasteiger partial charge in [0.15, 0.2) is 5.82 Å². The van der Waals surface area contributed by atoms with E-state index in [1.807, 2.05) is 0 Å². The topological polar surface area (TPSA) is 90.5 Å². The lowest BCUT2D eigenvalue weighted by atomic mass is 9.91. The fourth-order valence-electron chi connectivity index (χ4n) is 4.11. The second kappa shape index (κ2) is 8.23. The number of nitrogens with two attached hydrogens (primary N) is 1. The van der Waals surface area contributed by atoms with Gasteiger partial charge in [-0.15, -0.1) is 0 Å². The molecule has 0 spiro atoms. The van der Waals surface area contributed by atoms with E-state index in [9.17, 15) is 17.6 Å². The molecule has 0 radical (unpaired) electrons. The number of hydrogen-bond acceptors (Lipinski definition) is 6. The number of nitrogens with zero attached hydrogens (tertiary/aromatic N) is 5. The van der Waals surface area contributed by atoms with Crippen molar-refractivity contribution in [1.29, 1.82) is 0 Å². The zero-order valence-electron chi connectivity index (χ0n) is 18.6. The van der Waals surface area contributed by atoms with E-state index >= 15 is 0 Å². The number of anilines is 1. The Morgan fingerprint density at radius 2 is 1.74 bits per heavy atom. The molecule has 0 saturated carbocycles. The summed E-state index contributed by atoms with van der Waals surface area (Å²) in [6.45, 7) is 3.30. The van der Waals surface area contributed by atoms with Crippen LogP contribution in [-0.2, 0) is 0 Å². The highest BCUT2D eigenvalue weighted by atomic mass is 19.4. The number of nitrogen functional groups attached to an aromatic ring is 1. The van der Waals surface area contributed by atoms with Gasteiger partial charge in [-0.05, 0) is 61.4 Å². The van der Waals surface area contributed by atoms with E-state index in [2.05, 4.69) is 24.9 Å². The summed E-state index contributed by atoms with van der Waals surface area (Å²) in [7, 11) is 0. The number of aryl methyl sites for hydroxylation is 2. The minimum absolute atomic E-state index is 0.0122. The van der Waals surface area contributed by atoms with Gasteiger partial charge in [0.25, 0.3) is 0 Å². The van der Waals surface area contributed by atoms with Crippen LogP contribution in [0.1, 0.15) is 28.4 Å². The summed E-state index contributed by atoms with van der Waals surface area (Å²) in [5.41, 5.74) is 7.77. The molecule has 0 aliphatic rings. The van der Waals surface area contributed by atoms with Gasteiger partial charge in [0.1, 0.15) is 23.1 Å².